The summed E-state index contributed by atoms with van der Waals surface area (Å²) < 4.78 is 4.67. The molecule has 86 valence electrons. The van der Waals surface area contributed by atoms with Crippen LogP contribution in [-0.4, -0.2) is 17.5 Å². The van der Waals surface area contributed by atoms with Gasteiger partial charge in [0.25, 0.3) is 0 Å². The van der Waals surface area contributed by atoms with Gasteiger partial charge in [0, 0.05) is 0 Å². The molecular formula is C9H9ClN2O4. The van der Waals surface area contributed by atoms with Crippen molar-refractivity contribution in [2.24, 2.45) is 0 Å². The van der Waals surface area contributed by atoms with Crippen LogP contribution in [-0.2, 0) is 4.74 Å². The highest BCUT2D eigenvalue weighted by molar-refractivity contribution is 6.33. The van der Waals surface area contributed by atoms with E-state index in [1.54, 1.807) is 6.92 Å². The normalized spacial score (nSPS) is 9.88. The number of hydrogen-bond donors (Lipinski definition) is 1. The van der Waals surface area contributed by atoms with Gasteiger partial charge in [-0.15, -0.1) is 0 Å². The van der Waals surface area contributed by atoms with Gasteiger partial charge in [-0.25, -0.2) is 4.79 Å². The Hall–Kier alpha value is -1.82. The van der Waals surface area contributed by atoms with Gasteiger partial charge in [-0.1, -0.05) is 11.6 Å². The van der Waals surface area contributed by atoms with Crippen LogP contribution in [0.2, 0.25) is 5.02 Å². The summed E-state index contributed by atoms with van der Waals surface area (Å²) in [4.78, 5) is 21.5. The minimum Gasteiger partial charge on any atom is -0.462 e. The highest BCUT2D eigenvalue weighted by atomic mass is 35.5. The Morgan fingerprint density at radius 2 is 2.25 bits per heavy atom. The average molecular weight is 245 g/mol. The number of carbonyl (C=O) groups is 1. The van der Waals surface area contributed by atoms with Gasteiger partial charge in [-0.2, -0.15) is 0 Å². The number of benzene rings is 1. The lowest BCUT2D eigenvalue weighted by Crippen LogP contribution is -2.11. The lowest BCUT2D eigenvalue weighted by molar-refractivity contribution is -0.385. The molecule has 0 atom stereocenters. The predicted octanol–water partition coefficient (Wildman–Crippen LogP) is 2.01. The second-order valence-corrected chi connectivity index (χ2v) is 3.24. The molecule has 0 bridgehead atoms. The first kappa shape index (κ1) is 12.3. The second-order valence-electron chi connectivity index (χ2n) is 2.84. The van der Waals surface area contributed by atoms with Crippen LogP contribution in [0.15, 0.2) is 12.1 Å². The monoisotopic (exact) mass is 244 g/mol. The van der Waals surface area contributed by atoms with Crippen molar-refractivity contribution in [3.05, 3.63) is 32.8 Å². The van der Waals surface area contributed by atoms with E-state index in [1.165, 1.54) is 12.1 Å². The Morgan fingerprint density at radius 1 is 1.62 bits per heavy atom. The first-order valence-electron chi connectivity index (χ1n) is 4.38. The molecule has 0 heterocycles. The SMILES string of the molecule is CCOC(=O)c1c(N)ccc(Cl)c1[N+](=O)[O-]. The van der Waals surface area contributed by atoms with Gasteiger partial charge in [0.05, 0.1) is 17.2 Å². The Bertz CT molecular complexity index is 447. The molecule has 0 saturated heterocycles. The van der Waals surface area contributed by atoms with E-state index in [1.807, 2.05) is 0 Å². The summed E-state index contributed by atoms with van der Waals surface area (Å²) >= 11 is 5.64. The summed E-state index contributed by atoms with van der Waals surface area (Å²) in [5.74, 6) is -0.853. The third kappa shape index (κ3) is 2.22. The molecule has 0 saturated carbocycles. The van der Waals surface area contributed by atoms with Crippen LogP contribution in [0.5, 0.6) is 0 Å². The molecule has 0 aliphatic carbocycles. The van der Waals surface area contributed by atoms with E-state index in [0.717, 1.165) is 0 Å². The summed E-state index contributed by atoms with van der Waals surface area (Å²) in [6, 6.07) is 2.58. The van der Waals surface area contributed by atoms with Crippen molar-refractivity contribution in [3.8, 4) is 0 Å². The molecule has 1 rings (SSSR count). The van der Waals surface area contributed by atoms with E-state index < -0.39 is 16.6 Å². The Morgan fingerprint density at radius 3 is 2.75 bits per heavy atom. The number of halogens is 1. The average Bonchev–Trinajstić information content (AvgIpc) is 2.20. The number of ether oxygens (including phenoxy) is 1. The summed E-state index contributed by atoms with van der Waals surface area (Å²) in [5.41, 5.74) is 4.63. The number of esters is 1. The fourth-order valence-corrected chi connectivity index (χ4v) is 1.40. The molecule has 0 unspecified atom stereocenters. The van der Waals surface area contributed by atoms with Crippen LogP contribution in [0.1, 0.15) is 17.3 Å². The summed E-state index contributed by atoms with van der Waals surface area (Å²) in [6.45, 7) is 1.69. The van der Waals surface area contributed by atoms with Crippen molar-refractivity contribution >= 4 is 28.9 Å². The van der Waals surface area contributed by atoms with Gasteiger partial charge in [0.15, 0.2) is 5.56 Å². The molecule has 1 aromatic rings. The van der Waals surface area contributed by atoms with E-state index >= 15 is 0 Å². The second kappa shape index (κ2) is 4.80. The smallest absolute Gasteiger partial charge is 0.347 e. The number of nitro groups is 1. The van der Waals surface area contributed by atoms with Crippen molar-refractivity contribution in [2.75, 3.05) is 12.3 Å². The van der Waals surface area contributed by atoms with Crippen LogP contribution >= 0.6 is 11.6 Å². The number of nitrogens with zero attached hydrogens (tertiary/aromatic N) is 1. The molecule has 16 heavy (non-hydrogen) atoms. The maximum Gasteiger partial charge on any atom is 0.347 e. The number of nitro benzene ring substituents is 1. The summed E-state index contributed by atoms with van der Waals surface area (Å²) in [7, 11) is 0. The van der Waals surface area contributed by atoms with Gasteiger partial charge in [0.1, 0.15) is 5.02 Å². The fourth-order valence-electron chi connectivity index (χ4n) is 1.18. The van der Waals surface area contributed by atoms with Gasteiger partial charge < -0.3 is 10.5 Å². The molecule has 0 aromatic heterocycles. The van der Waals surface area contributed by atoms with Crippen LogP contribution < -0.4 is 5.73 Å². The van der Waals surface area contributed by atoms with Crippen molar-refractivity contribution in [1.82, 2.24) is 0 Å². The molecule has 0 spiro atoms. The number of nitrogens with two attached hydrogens (primary N) is 1. The zero-order chi connectivity index (χ0) is 12.3. The first-order chi connectivity index (χ1) is 7.49. The number of rotatable bonds is 3. The van der Waals surface area contributed by atoms with Gasteiger partial charge in [0.2, 0.25) is 0 Å². The molecule has 0 aliphatic heterocycles. The van der Waals surface area contributed by atoms with Crippen LogP contribution in [0.4, 0.5) is 11.4 Å². The molecule has 1 aromatic carbocycles. The lowest BCUT2D eigenvalue weighted by atomic mass is 10.1. The maximum atomic E-state index is 11.5. The van der Waals surface area contributed by atoms with Gasteiger partial charge in [-0.05, 0) is 19.1 Å². The topological polar surface area (TPSA) is 95.5 Å². The van der Waals surface area contributed by atoms with E-state index in [9.17, 15) is 14.9 Å². The highest BCUT2D eigenvalue weighted by Crippen LogP contribution is 2.32. The zero-order valence-corrected chi connectivity index (χ0v) is 9.15. The third-order valence-corrected chi connectivity index (χ3v) is 2.13. The maximum absolute atomic E-state index is 11.5. The zero-order valence-electron chi connectivity index (χ0n) is 8.40. The third-order valence-electron chi connectivity index (χ3n) is 1.82. The highest BCUT2D eigenvalue weighted by Gasteiger charge is 2.27. The van der Waals surface area contributed by atoms with Gasteiger partial charge in [-0.3, -0.25) is 10.1 Å². The Balaban J connectivity index is 3.40. The largest absolute Gasteiger partial charge is 0.462 e. The molecule has 0 aliphatic rings. The minimum absolute atomic E-state index is 0.0328. The first-order valence-corrected chi connectivity index (χ1v) is 4.76. The standard InChI is InChI=1S/C9H9ClN2O4/c1-2-16-9(13)7-6(11)4-3-5(10)8(7)12(14)15/h3-4H,2,11H2,1H3. The number of hydrogen-bond acceptors (Lipinski definition) is 5. The summed E-state index contributed by atoms with van der Waals surface area (Å²) in [5, 5.41) is 10.6. The fraction of sp³-hybridized carbons (Fsp3) is 0.222. The molecular weight excluding hydrogens is 236 g/mol. The molecule has 6 nitrogen and oxygen atoms in total. The van der Waals surface area contributed by atoms with Crippen LogP contribution in [0.3, 0.4) is 0 Å². The van der Waals surface area contributed by atoms with Crippen molar-refractivity contribution < 1.29 is 14.5 Å². The molecule has 0 fully saturated rings. The molecule has 7 heteroatoms. The van der Waals surface area contributed by atoms with E-state index in [0.29, 0.717) is 0 Å². The Labute approximate surface area is 96.1 Å². The molecule has 2 N–H and O–H groups in total. The number of anilines is 1. The summed E-state index contributed by atoms with van der Waals surface area (Å²) in [6.07, 6.45) is 0. The Kier molecular flexibility index (Phi) is 3.68. The van der Waals surface area contributed by atoms with Crippen LogP contribution in [0, 0.1) is 10.1 Å². The van der Waals surface area contributed by atoms with Crippen LogP contribution in [0.25, 0.3) is 0 Å². The van der Waals surface area contributed by atoms with Crippen molar-refractivity contribution in [1.29, 1.82) is 0 Å². The number of nitrogen functional groups attached to an aromatic ring is 1. The van der Waals surface area contributed by atoms with E-state index in [2.05, 4.69) is 4.74 Å². The van der Waals surface area contributed by atoms with Crippen molar-refractivity contribution in [3.63, 3.8) is 0 Å². The molecule has 0 amide bonds. The van der Waals surface area contributed by atoms with E-state index in [4.69, 9.17) is 17.3 Å². The molecule has 0 radical (unpaired) electrons. The number of carbonyl (C=O) groups excluding carboxylic acids is 1. The predicted molar refractivity (Wildman–Crippen MR) is 58.5 cm³/mol. The van der Waals surface area contributed by atoms with Crippen molar-refractivity contribution in [2.45, 2.75) is 6.92 Å². The van der Waals surface area contributed by atoms with Gasteiger partial charge >= 0.3 is 11.7 Å². The quantitative estimate of drug-likeness (QED) is 0.380. The van der Waals surface area contributed by atoms with E-state index in [-0.39, 0.29) is 22.9 Å². The lowest BCUT2D eigenvalue weighted by Gasteiger charge is -2.06. The minimum atomic E-state index is -0.853.